The summed E-state index contributed by atoms with van der Waals surface area (Å²) in [5.74, 6) is -2.08. The topological polar surface area (TPSA) is 58.2 Å². The fourth-order valence-electron chi connectivity index (χ4n) is 2.15. The van der Waals surface area contributed by atoms with E-state index in [-0.39, 0.29) is 16.8 Å². The van der Waals surface area contributed by atoms with Gasteiger partial charge in [-0.15, -0.1) is 0 Å². The van der Waals surface area contributed by atoms with Crippen LogP contribution in [0.3, 0.4) is 0 Å². The van der Waals surface area contributed by atoms with Crippen molar-refractivity contribution in [1.29, 1.82) is 0 Å². The number of rotatable bonds is 4. The van der Waals surface area contributed by atoms with Crippen molar-refractivity contribution < 1.29 is 22.8 Å². The molecule has 2 rings (SSSR count). The summed E-state index contributed by atoms with van der Waals surface area (Å²) in [6, 6.07) is 11.2. The summed E-state index contributed by atoms with van der Waals surface area (Å²) in [7, 11) is 0. The van der Waals surface area contributed by atoms with E-state index in [9.17, 15) is 22.8 Å². The van der Waals surface area contributed by atoms with E-state index in [1.54, 1.807) is 31.2 Å². The van der Waals surface area contributed by atoms with E-state index in [0.29, 0.717) is 0 Å². The first-order valence-electron chi connectivity index (χ1n) is 7.22. The van der Waals surface area contributed by atoms with Crippen LogP contribution in [0.15, 0.2) is 48.5 Å². The Morgan fingerprint density at radius 2 is 1.72 bits per heavy atom. The molecule has 2 aromatic rings. The number of alkyl halides is 3. The van der Waals surface area contributed by atoms with Gasteiger partial charge in [-0.3, -0.25) is 4.79 Å². The molecule has 0 spiro atoms. The highest BCUT2D eigenvalue weighted by atomic mass is 35.5. The number of urea groups is 1. The molecule has 0 aliphatic carbocycles. The van der Waals surface area contributed by atoms with Crippen LogP contribution in [0.4, 0.5) is 23.7 Å². The second-order valence-electron chi connectivity index (χ2n) is 5.25. The van der Waals surface area contributed by atoms with Gasteiger partial charge in [0.15, 0.2) is 0 Å². The zero-order valence-corrected chi connectivity index (χ0v) is 13.8. The largest absolute Gasteiger partial charge is 0.454 e. The molecule has 0 saturated carbocycles. The summed E-state index contributed by atoms with van der Waals surface area (Å²) < 4.78 is 38.1. The molecular weight excluding hydrogens is 357 g/mol. The van der Waals surface area contributed by atoms with Crippen LogP contribution in [0, 0.1) is 0 Å². The van der Waals surface area contributed by atoms with Gasteiger partial charge in [-0.1, -0.05) is 41.9 Å². The van der Waals surface area contributed by atoms with E-state index < -0.39 is 23.6 Å². The van der Waals surface area contributed by atoms with Crippen LogP contribution >= 0.6 is 11.6 Å². The van der Waals surface area contributed by atoms with Crippen molar-refractivity contribution in [3.63, 3.8) is 0 Å². The molecule has 0 bridgehead atoms. The summed E-state index contributed by atoms with van der Waals surface area (Å²) in [5, 5.41) is 4.81. The SMILES string of the molecule is C[C@@H](NC(=O)Nc1ccc(Cl)cc1C(=O)C(F)(F)F)c1ccccc1. The van der Waals surface area contributed by atoms with Crippen LogP contribution in [-0.4, -0.2) is 18.0 Å². The fraction of sp³-hybridized carbons (Fsp3) is 0.176. The molecule has 132 valence electrons. The summed E-state index contributed by atoms with van der Waals surface area (Å²) in [4.78, 5) is 23.6. The molecule has 2 amide bonds. The number of nitrogens with one attached hydrogen (secondary N) is 2. The highest BCUT2D eigenvalue weighted by Crippen LogP contribution is 2.28. The zero-order valence-electron chi connectivity index (χ0n) is 13.0. The molecule has 0 unspecified atom stereocenters. The highest BCUT2D eigenvalue weighted by Gasteiger charge is 2.40. The number of amides is 2. The monoisotopic (exact) mass is 370 g/mol. The van der Waals surface area contributed by atoms with Gasteiger partial charge in [0, 0.05) is 5.02 Å². The van der Waals surface area contributed by atoms with Crippen molar-refractivity contribution in [2.45, 2.75) is 19.1 Å². The maximum atomic E-state index is 12.7. The number of carbonyl (C=O) groups is 2. The highest BCUT2D eigenvalue weighted by molar-refractivity contribution is 6.31. The van der Waals surface area contributed by atoms with E-state index in [0.717, 1.165) is 17.7 Å². The number of halogens is 4. The normalized spacial score (nSPS) is 12.4. The molecule has 0 aliphatic rings. The molecule has 2 N–H and O–H groups in total. The van der Waals surface area contributed by atoms with Crippen molar-refractivity contribution in [2.24, 2.45) is 0 Å². The van der Waals surface area contributed by atoms with Crippen LogP contribution in [0.25, 0.3) is 0 Å². The van der Waals surface area contributed by atoms with E-state index in [4.69, 9.17) is 11.6 Å². The zero-order chi connectivity index (χ0) is 18.6. The maximum absolute atomic E-state index is 12.7. The standard InChI is InChI=1S/C17H14ClF3N2O2/c1-10(11-5-3-2-4-6-11)22-16(25)23-14-8-7-12(18)9-13(14)15(24)17(19,20)21/h2-10H,1H3,(H2,22,23,25)/t10-/m1/s1. The number of benzene rings is 2. The third-order valence-electron chi connectivity index (χ3n) is 3.38. The smallest absolute Gasteiger partial charge is 0.331 e. The summed E-state index contributed by atoms with van der Waals surface area (Å²) >= 11 is 5.66. The van der Waals surface area contributed by atoms with Gasteiger partial charge in [-0.25, -0.2) is 4.79 Å². The summed E-state index contributed by atoms with van der Waals surface area (Å²) in [6.45, 7) is 1.72. The molecule has 0 aliphatic heterocycles. The Balaban J connectivity index is 2.17. The predicted octanol–water partition coefficient (Wildman–Crippen LogP) is 4.97. The third-order valence-corrected chi connectivity index (χ3v) is 3.61. The number of ketones is 1. The Morgan fingerprint density at radius 3 is 2.32 bits per heavy atom. The minimum Gasteiger partial charge on any atom is -0.331 e. The molecule has 4 nitrogen and oxygen atoms in total. The molecule has 1 atom stereocenters. The molecule has 0 aromatic heterocycles. The van der Waals surface area contributed by atoms with Gasteiger partial charge in [0.25, 0.3) is 5.78 Å². The number of anilines is 1. The first kappa shape index (κ1) is 18.8. The molecule has 0 fully saturated rings. The quantitative estimate of drug-likeness (QED) is 0.747. The third kappa shape index (κ3) is 4.96. The molecule has 0 saturated heterocycles. The maximum Gasteiger partial charge on any atom is 0.454 e. The lowest BCUT2D eigenvalue weighted by molar-refractivity contribution is -0.0884. The van der Waals surface area contributed by atoms with Crippen molar-refractivity contribution in [3.8, 4) is 0 Å². The Kier molecular flexibility index (Phi) is 5.69. The van der Waals surface area contributed by atoms with Gasteiger partial charge in [-0.05, 0) is 30.7 Å². The first-order valence-corrected chi connectivity index (χ1v) is 7.60. The Hall–Kier alpha value is -2.54. The lowest BCUT2D eigenvalue weighted by atomic mass is 10.1. The molecule has 8 heteroatoms. The number of Topliss-reactive ketones (excluding diaryl/α,β-unsaturated/α-hetero) is 1. The van der Waals surface area contributed by atoms with Crippen molar-refractivity contribution in [2.75, 3.05) is 5.32 Å². The molecule has 0 radical (unpaired) electrons. The van der Waals surface area contributed by atoms with E-state index in [2.05, 4.69) is 10.6 Å². The van der Waals surface area contributed by atoms with Crippen molar-refractivity contribution in [3.05, 3.63) is 64.7 Å². The van der Waals surface area contributed by atoms with E-state index in [1.807, 2.05) is 6.07 Å². The molecule has 25 heavy (non-hydrogen) atoms. The van der Waals surface area contributed by atoms with Crippen LogP contribution in [0.5, 0.6) is 0 Å². The van der Waals surface area contributed by atoms with Crippen LogP contribution in [0.2, 0.25) is 5.02 Å². The Bertz CT molecular complexity index is 779. The average Bonchev–Trinajstić information content (AvgIpc) is 2.55. The van der Waals surface area contributed by atoms with Crippen LogP contribution < -0.4 is 10.6 Å². The number of hydrogen-bond acceptors (Lipinski definition) is 2. The van der Waals surface area contributed by atoms with Crippen molar-refractivity contribution in [1.82, 2.24) is 5.32 Å². The Labute approximate surface area is 147 Å². The number of carbonyl (C=O) groups excluding carboxylic acids is 2. The summed E-state index contributed by atoms with van der Waals surface area (Å²) in [6.07, 6.45) is -5.07. The second-order valence-corrected chi connectivity index (χ2v) is 5.68. The van der Waals surface area contributed by atoms with Gasteiger partial charge in [0.05, 0.1) is 17.3 Å². The molecule has 2 aromatic carbocycles. The minimum absolute atomic E-state index is 0.0452. The van der Waals surface area contributed by atoms with Gasteiger partial charge in [0.2, 0.25) is 0 Å². The van der Waals surface area contributed by atoms with Crippen molar-refractivity contribution >= 4 is 29.1 Å². The van der Waals surface area contributed by atoms with Gasteiger partial charge in [-0.2, -0.15) is 13.2 Å². The molecular formula is C17H14ClF3N2O2. The number of hydrogen-bond donors (Lipinski definition) is 2. The average molecular weight is 371 g/mol. The first-order chi connectivity index (χ1) is 11.7. The minimum atomic E-state index is -5.07. The van der Waals surface area contributed by atoms with Crippen LogP contribution in [-0.2, 0) is 0 Å². The predicted molar refractivity (Wildman–Crippen MR) is 88.8 cm³/mol. The fourth-order valence-corrected chi connectivity index (χ4v) is 2.32. The van der Waals surface area contributed by atoms with Gasteiger partial charge in [0.1, 0.15) is 0 Å². The van der Waals surface area contributed by atoms with E-state index in [1.165, 1.54) is 6.07 Å². The second kappa shape index (κ2) is 7.57. The summed E-state index contributed by atoms with van der Waals surface area (Å²) in [5.41, 5.74) is -0.174. The van der Waals surface area contributed by atoms with E-state index >= 15 is 0 Å². The van der Waals surface area contributed by atoms with Gasteiger partial charge < -0.3 is 10.6 Å². The van der Waals surface area contributed by atoms with Crippen LogP contribution in [0.1, 0.15) is 28.9 Å². The Morgan fingerprint density at radius 1 is 1.08 bits per heavy atom. The lowest BCUT2D eigenvalue weighted by Crippen LogP contribution is -2.32. The molecule has 0 heterocycles. The lowest BCUT2D eigenvalue weighted by Gasteiger charge is -2.17. The van der Waals surface area contributed by atoms with Gasteiger partial charge >= 0.3 is 12.2 Å².